The average molecular weight is 279 g/mol. The van der Waals surface area contributed by atoms with Gasteiger partial charge in [0.2, 0.25) is 0 Å². The second-order valence-corrected chi connectivity index (χ2v) is 5.15. The highest BCUT2D eigenvalue weighted by molar-refractivity contribution is 6.31. The summed E-state index contributed by atoms with van der Waals surface area (Å²) in [5.41, 5.74) is 3.49. The highest BCUT2D eigenvalue weighted by Gasteiger charge is 2.14. The van der Waals surface area contributed by atoms with Crippen LogP contribution in [0.1, 0.15) is 28.4 Å². The van der Waals surface area contributed by atoms with E-state index in [1.54, 1.807) is 12.1 Å². The zero-order valence-electron chi connectivity index (χ0n) is 11.0. The molecule has 100 valence electrons. The van der Waals surface area contributed by atoms with Gasteiger partial charge in [-0.05, 0) is 54.3 Å². The Morgan fingerprint density at radius 3 is 2.63 bits per heavy atom. The molecule has 1 nitrogen and oxygen atoms in total. The van der Waals surface area contributed by atoms with Gasteiger partial charge in [-0.15, -0.1) is 0 Å². The molecule has 0 saturated heterocycles. The molecule has 0 heterocycles. The lowest BCUT2D eigenvalue weighted by Gasteiger charge is -2.16. The Hall–Kier alpha value is -1.38. The lowest BCUT2D eigenvalue weighted by molar-refractivity contribution is 0.177. The molecule has 19 heavy (non-hydrogen) atoms. The van der Waals surface area contributed by atoms with Gasteiger partial charge in [0.25, 0.3) is 0 Å². The first-order valence-corrected chi connectivity index (χ1v) is 6.55. The number of halogens is 2. The van der Waals surface area contributed by atoms with Crippen LogP contribution in [0.5, 0.6) is 0 Å². The molecule has 0 aromatic heterocycles. The van der Waals surface area contributed by atoms with Gasteiger partial charge in [0, 0.05) is 11.4 Å². The molecule has 0 spiro atoms. The Morgan fingerprint density at radius 1 is 1.21 bits per heavy atom. The normalized spacial score (nSPS) is 12.5. The van der Waals surface area contributed by atoms with E-state index in [0.29, 0.717) is 11.4 Å². The molecule has 1 unspecified atom stereocenters. The zero-order chi connectivity index (χ0) is 14.0. The molecule has 1 atom stereocenters. The Labute approximate surface area is 117 Å². The fourth-order valence-corrected chi connectivity index (χ4v) is 2.37. The summed E-state index contributed by atoms with van der Waals surface area (Å²) in [7, 11) is 0. The third kappa shape index (κ3) is 3.14. The van der Waals surface area contributed by atoms with Crippen molar-refractivity contribution in [2.45, 2.75) is 26.4 Å². The van der Waals surface area contributed by atoms with Gasteiger partial charge in [-0.25, -0.2) is 4.39 Å². The Morgan fingerprint density at radius 2 is 1.95 bits per heavy atom. The molecule has 1 N–H and O–H groups in total. The van der Waals surface area contributed by atoms with Crippen LogP contribution in [0.15, 0.2) is 36.4 Å². The maximum Gasteiger partial charge on any atom is 0.123 e. The number of benzene rings is 2. The maximum atomic E-state index is 13.0. The van der Waals surface area contributed by atoms with Gasteiger partial charge in [0.15, 0.2) is 0 Å². The zero-order valence-corrected chi connectivity index (χ0v) is 11.7. The lowest BCUT2D eigenvalue weighted by atomic mass is 9.95. The number of aliphatic hydroxyl groups is 1. The molecule has 0 bridgehead atoms. The predicted molar refractivity (Wildman–Crippen MR) is 76.0 cm³/mol. The van der Waals surface area contributed by atoms with Gasteiger partial charge in [-0.1, -0.05) is 29.8 Å². The molecule has 0 aliphatic heterocycles. The Kier molecular flexibility index (Phi) is 4.23. The van der Waals surface area contributed by atoms with Crippen molar-refractivity contribution in [2.24, 2.45) is 0 Å². The molecular formula is C16H16ClFO. The van der Waals surface area contributed by atoms with E-state index >= 15 is 0 Å². The van der Waals surface area contributed by atoms with Crippen molar-refractivity contribution < 1.29 is 9.50 Å². The minimum atomic E-state index is -0.636. The van der Waals surface area contributed by atoms with Crippen LogP contribution in [0.25, 0.3) is 0 Å². The quantitative estimate of drug-likeness (QED) is 0.884. The molecule has 0 aliphatic rings. The summed E-state index contributed by atoms with van der Waals surface area (Å²) >= 11 is 6.05. The van der Waals surface area contributed by atoms with Crippen LogP contribution < -0.4 is 0 Å². The van der Waals surface area contributed by atoms with Crippen molar-refractivity contribution in [3.05, 3.63) is 69.5 Å². The molecule has 0 amide bonds. The lowest BCUT2D eigenvalue weighted by Crippen LogP contribution is -2.05. The van der Waals surface area contributed by atoms with Crippen LogP contribution in [0.3, 0.4) is 0 Å². The second kappa shape index (κ2) is 5.72. The van der Waals surface area contributed by atoms with Gasteiger partial charge in [0.05, 0.1) is 6.10 Å². The van der Waals surface area contributed by atoms with Crippen LogP contribution in [-0.2, 0) is 6.42 Å². The smallest absolute Gasteiger partial charge is 0.123 e. The van der Waals surface area contributed by atoms with Crippen LogP contribution >= 0.6 is 11.6 Å². The number of hydrogen-bond donors (Lipinski definition) is 1. The minimum absolute atomic E-state index is 0.255. The highest BCUT2D eigenvalue weighted by atomic mass is 35.5. The van der Waals surface area contributed by atoms with E-state index in [-0.39, 0.29) is 5.82 Å². The van der Waals surface area contributed by atoms with Crippen LogP contribution in [0, 0.1) is 19.7 Å². The van der Waals surface area contributed by atoms with E-state index < -0.39 is 6.10 Å². The van der Waals surface area contributed by atoms with Crippen molar-refractivity contribution in [1.82, 2.24) is 0 Å². The fourth-order valence-electron chi connectivity index (χ4n) is 2.19. The molecular weight excluding hydrogens is 263 g/mol. The summed E-state index contributed by atoms with van der Waals surface area (Å²) in [6.45, 7) is 3.73. The van der Waals surface area contributed by atoms with Crippen molar-refractivity contribution in [2.75, 3.05) is 0 Å². The van der Waals surface area contributed by atoms with Gasteiger partial charge < -0.3 is 5.11 Å². The average Bonchev–Trinajstić information content (AvgIpc) is 2.36. The van der Waals surface area contributed by atoms with Gasteiger partial charge >= 0.3 is 0 Å². The minimum Gasteiger partial charge on any atom is -0.388 e. The van der Waals surface area contributed by atoms with E-state index in [0.717, 1.165) is 22.3 Å². The maximum absolute atomic E-state index is 13.0. The third-order valence-electron chi connectivity index (χ3n) is 3.39. The molecule has 0 aliphatic carbocycles. The van der Waals surface area contributed by atoms with Crippen molar-refractivity contribution in [3.63, 3.8) is 0 Å². The summed E-state index contributed by atoms with van der Waals surface area (Å²) in [5.74, 6) is -0.255. The van der Waals surface area contributed by atoms with Gasteiger partial charge in [-0.3, -0.25) is 0 Å². The number of aryl methyl sites for hydroxylation is 1. The van der Waals surface area contributed by atoms with E-state index in [2.05, 4.69) is 0 Å². The molecule has 2 rings (SSSR count). The van der Waals surface area contributed by atoms with Crippen molar-refractivity contribution in [1.29, 1.82) is 0 Å². The van der Waals surface area contributed by atoms with Crippen LogP contribution in [-0.4, -0.2) is 5.11 Å². The Balaban J connectivity index is 2.25. The number of aliphatic hydroxyl groups excluding tert-OH is 1. The van der Waals surface area contributed by atoms with Gasteiger partial charge in [0.1, 0.15) is 5.82 Å². The van der Waals surface area contributed by atoms with Crippen LogP contribution in [0.4, 0.5) is 4.39 Å². The van der Waals surface area contributed by atoms with E-state index in [9.17, 15) is 9.50 Å². The van der Waals surface area contributed by atoms with Crippen molar-refractivity contribution in [3.8, 4) is 0 Å². The van der Waals surface area contributed by atoms with E-state index in [1.165, 1.54) is 12.1 Å². The SMILES string of the molecule is Cc1cc(F)ccc1CC(O)c1cccc(Cl)c1C. The number of rotatable bonds is 3. The number of hydrogen-bond acceptors (Lipinski definition) is 1. The second-order valence-electron chi connectivity index (χ2n) is 4.74. The first kappa shape index (κ1) is 14.0. The largest absolute Gasteiger partial charge is 0.388 e. The van der Waals surface area contributed by atoms with Crippen LogP contribution in [0.2, 0.25) is 5.02 Å². The molecule has 0 radical (unpaired) electrons. The van der Waals surface area contributed by atoms with E-state index in [4.69, 9.17) is 11.6 Å². The summed E-state index contributed by atoms with van der Waals surface area (Å²) in [5, 5.41) is 11.0. The summed E-state index contributed by atoms with van der Waals surface area (Å²) in [6.07, 6.45) is -0.185. The fraction of sp³-hybridized carbons (Fsp3) is 0.250. The molecule has 0 saturated carbocycles. The first-order chi connectivity index (χ1) is 8.99. The monoisotopic (exact) mass is 278 g/mol. The standard InChI is InChI=1S/C16H16ClFO/c1-10-8-13(18)7-6-12(10)9-16(19)14-4-3-5-15(17)11(14)2/h3-8,16,19H,9H2,1-2H3. The third-order valence-corrected chi connectivity index (χ3v) is 3.80. The van der Waals surface area contributed by atoms with E-state index in [1.807, 2.05) is 26.0 Å². The summed E-state index contributed by atoms with van der Waals surface area (Å²) in [6, 6.07) is 10.1. The topological polar surface area (TPSA) is 20.2 Å². The molecule has 3 heteroatoms. The molecule has 2 aromatic carbocycles. The van der Waals surface area contributed by atoms with Gasteiger partial charge in [-0.2, -0.15) is 0 Å². The molecule has 0 fully saturated rings. The summed E-state index contributed by atoms with van der Waals surface area (Å²) < 4.78 is 13.0. The predicted octanol–water partition coefficient (Wildman–Crippen LogP) is 4.37. The Bertz CT molecular complexity index is 595. The highest BCUT2D eigenvalue weighted by Crippen LogP contribution is 2.27. The summed E-state index contributed by atoms with van der Waals surface area (Å²) in [4.78, 5) is 0. The molecule has 2 aromatic rings. The first-order valence-electron chi connectivity index (χ1n) is 6.17. The van der Waals surface area contributed by atoms with Crippen molar-refractivity contribution >= 4 is 11.6 Å².